The lowest BCUT2D eigenvalue weighted by Crippen LogP contribution is -2.07. The fourth-order valence-corrected chi connectivity index (χ4v) is 2.37. The van der Waals surface area contributed by atoms with Gasteiger partial charge < -0.3 is 5.11 Å². The Labute approximate surface area is 73.0 Å². The summed E-state index contributed by atoms with van der Waals surface area (Å²) in [7, 11) is -1.06. The van der Waals surface area contributed by atoms with Gasteiger partial charge in [0.05, 0.1) is 16.6 Å². The predicted octanol–water partition coefficient (Wildman–Crippen LogP) is 1.71. The molecule has 0 aliphatic carbocycles. The Morgan fingerprint density at radius 2 is 2.08 bits per heavy atom. The largest absolute Gasteiger partial charge is 0.511 e. The SMILES string of the molecule is O=S1CC(O)=Cc2ccccc21. The van der Waals surface area contributed by atoms with Crippen molar-refractivity contribution in [1.82, 2.24) is 0 Å². The minimum atomic E-state index is -1.06. The van der Waals surface area contributed by atoms with Crippen LogP contribution in [0.4, 0.5) is 0 Å². The molecule has 0 amide bonds. The smallest absolute Gasteiger partial charge is 0.106 e. The molecule has 1 aliphatic rings. The van der Waals surface area contributed by atoms with Crippen LogP contribution in [0.2, 0.25) is 0 Å². The van der Waals surface area contributed by atoms with Gasteiger partial charge in [-0.2, -0.15) is 0 Å². The average molecular weight is 180 g/mol. The Kier molecular flexibility index (Phi) is 1.73. The Morgan fingerprint density at radius 1 is 1.33 bits per heavy atom. The number of aliphatic hydroxyl groups is 1. The van der Waals surface area contributed by atoms with E-state index in [4.69, 9.17) is 0 Å². The summed E-state index contributed by atoms with van der Waals surface area (Å²) in [5.41, 5.74) is 0.861. The van der Waals surface area contributed by atoms with Crippen LogP contribution < -0.4 is 0 Å². The normalized spacial score (nSPS) is 21.3. The standard InChI is InChI=1S/C9H8O2S/c10-8-5-7-3-1-2-4-9(7)12(11)6-8/h1-5,10H,6H2. The summed E-state index contributed by atoms with van der Waals surface area (Å²) in [6, 6.07) is 7.40. The van der Waals surface area contributed by atoms with E-state index in [1.165, 1.54) is 0 Å². The van der Waals surface area contributed by atoms with E-state index < -0.39 is 10.8 Å². The fourth-order valence-electron chi connectivity index (χ4n) is 1.24. The number of aliphatic hydroxyl groups excluding tert-OH is 1. The summed E-state index contributed by atoms with van der Waals surface area (Å²) in [4.78, 5) is 0.815. The van der Waals surface area contributed by atoms with E-state index in [1.54, 1.807) is 6.08 Å². The molecule has 3 heteroatoms. The van der Waals surface area contributed by atoms with E-state index in [0.717, 1.165) is 10.5 Å². The lowest BCUT2D eigenvalue weighted by atomic mass is 10.2. The van der Waals surface area contributed by atoms with Gasteiger partial charge in [-0.15, -0.1) is 0 Å². The summed E-state index contributed by atoms with van der Waals surface area (Å²) in [6.07, 6.45) is 1.66. The molecule has 1 aliphatic heterocycles. The zero-order valence-corrected chi connectivity index (χ0v) is 7.17. The highest BCUT2D eigenvalue weighted by Crippen LogP contribution is 2.22. The maximum absolute atomic E-state index is 11.4. The highest BCUT2D eigenvalue weighted by Gasteiger charge is 2.15. The third-order valence-corrected chi connectivity index (χ3v) is 3.19. The third kappa shape index (κ3) is 1.16. The topological polar surface area (TPSA) is 37.3 Å². The van der Waals surface area contributed by atoms with Gasteiger partial charge in [0.25, 0.3) is 0 Å². The van der Waals surface area contributed by atoms with Crippen LogP contribution in [0.5, 0.6) is 0 Å². The van der Waals surface area contributed by atoms with E-state index in [1.807, 2.05) is 24.3 Å². The van der Waals surface area contributed by atoms with Gasteiger partial charge in [0.2, 0.25) is 0 Å². The van der Waals surface area contributed by atoms with E-state index in [9.17, 15) is 9.32 Å². The molecule has 0 bridgehead atoms. The van der Waals surface area contributed by atoms with Crippen LogP contribution in [0, 0.1) is 0 Å². The molecule has 1 aromatic carbocycles. The van der Waals surface area contributed by atoms with Crippen LogP contribution in [0.25, 0.3) is 6.08 Å². The number of hydrogen-bond donors (Lipinski definition) is 1. The van der Waals surface area contributed by atoms with Crippen LogP contribution in [-0.2, 0) is 10.8 Å². The summed E-state index contributed by atoms with van der Waals surface area (Å²) in [5.74, 6) is 0.448. The van der Waals surface area contributed by atoms with Crippen molar-refractivity contribution < 1.29 is 9.32 Å². The van der Waals surface area contributed by atoms with E-state index >= 15 is 0 Å². The highest BCUT2D eigenvalue weighted by molar-refractivity contribution is 7.85. The van der Waals surface area contributed by atoms with Crippen LogP contribution in [-0.4, -0.2) is 15.1 Å². The molecule has 0 saturated carbocycles. The molecule has 1 unspecified atom stereocenters. The van der Waals surface area contributed by atoms with Crippen molar-refractivity contribution in [3.05, 3.63) is 35.6 Å². The van der Waals surface area contributed by atoms with E-state index in [-0.39, 0.29) is 11.5 Å². The second kappa shape index (κ2) is 2.75. The molecule has 2 rings (SSSR count). The quantitative estimate of drug-likeness (QED) is 0.660. The minimum Gasteiger partial charge on any atom is -0.511 e. The molecule has 12 heavy (non-hydrogen) atoms. The lowest BCUT2D eigenvalue weighted by Gasteiger charge is -2.11. The van der Waals surface area contributed by atoms with Crippen molar-refractivity contribution in [3.63, 3.8) is 0 Å². The van der Waals surface area contributed by atoms with Crippen molar-refractivity contribution in [3.8, 4) is 0 Å². The molecule has 1 atom stereocenters. The van der Waals surface area contributed by atoms with Gasteiger partial charge >= 0.3 is 0 Å². The fraction of sp³-hybridized carbons (Fsp3) is 0.111. The van der Waals surface area contributed by atoms with Crippen LogP contribution in [0.3, 0.4) is 0 Å². The summed E-state index contributed by atoms with van der Waals surface area (Å²) in [6.45, 7) is 0. The lowest BCUT2D eigenvalue weighted by molar-refractivity contribution is 0.420. The van der Waals surface area contributed by atoms with Crippen LogP contribution in [0.15, 0.2) is 34.9 Å². The van der Waals surface area contributed by atoms with Gasteiger partial charge in [0.15, 0.2) is 0 Å². The van der Waals surface area contributed by atoms with Gasteiger partial charge in [-0.3, -0.25) is 4.21 Å². The Hall–Kier alpha value is -1.09. The minimum absolute atomic E-state index is 0.201. The molecule has 2 nitrogen and oxygen atoms in total. The van der Waals surface area contributed by atoms with Gasteiger partial charge in [-0.25, -0.2) is 0 Å². The zero-order valence-electron chi connectivity index (χ0n) is 6.36. The second-order valence-corrected chi connectivity index (χ2v) is 4.08. The van der Waals surface area contributed by atoms with Crippen molar-refractivity contribution in [2.24, 2.45) is 0 Å². The first kappa shape index (κ1) is 7.55. The summed E-state index contributed by atoms with van der Waals surface area (Å²) < 4.78 is 11.4. The molecule has 0 fully saturated rings. The Bertz CT molecular complexity index is 369. The van der Waals surface area contributed by atoms with Crippen LogP contribution in [0.1, 0.15) is 5.56 Å². The highest BCUT2D eigenvalue weighted by atomic mass is 32.2. The summed E-state index contributed by atoms with van der Waals surface area (Å²) in [5, 5.41) is 9.19. The zero-order chi connectivity index (χ0) is 8.55. The summed E-state index contributed by atoms with van der Waals surface area (Å²) >= 11 is 0. The number of rotatable bonds is 0. The number of benzene rings is 1. The molecule has 1 aromatic rings. The Balaban J connectivity index is 2.62. The van der Waals surface area contributed by atoms with Gasteiger partial charge in [0, 0.05) is 4.90 Å². The molecule has 62 valence electrons. The number of fused-ring (bicyclic) bond motifs is 1. The molecule has 1 heterocycles. The Morgan fingerprint density at radius 3 is 2.92 bits per heavy atom. The van der Waals surface area contributed by atoms with Gasteiger partial charge in [0.1, 0.15) is 5.76 Å². The molecule has 0 aromatic heterocycles. The molecular formula is C9H8O2S. The molecule has 0 spiro atoms. The second-order valence-electron chi connectivity index (χ2n) is 2.66. The number of hydrogen-bond acceptors (Lipinski definition) is 2. The first-order valence-corrected chi connectivity index (χ1v) is 4.96. The third-order valence-electron chi connectivity index (χ3n) is 1.77. The maximum atomic E-state index is 11.4. The van der Waals surface area contributed by atoms with E-state index in [0.29, 0.717) is 0 Å². The first-order chi connectivity index (χ1) is 5.77. The van der Waals surface area contributed by atoms with Crippen LogP contribution >= 0.6 is 0 Å². The molecule has 0 saturated heterocycles. The molecule has 1 N–H and O–H groups in total. The monoisotopic (exact) mass is 180 g/mol. The predicted molar refractivity (Wildman–Crippen MR) is 48.3 cm³/mol. The van der Waals surface area contributed by atoms with Gasteiger partial charge in [-0.05, 0) is 17.7 Å². The molecular weight excluding hydrogens is 172 g/mol. The van der Waals surface area contributed by atoms with Crippen molar-refractivity contribution >= 4 is 16.9 Å². The maximum Gasteiger partial charge on any atom is 0.106 e. The average Bonchev–Trinajstić information content (AvgIpc) is 2.04. The van der Waals surface area contributed by atoms with Crippen molar-refractivity contribution in [2.45, 2.75) is 4.90 Å². The first-order valence-electron chi connectivity index (χ1n) is 3.64. The van der Waals surface area contributed by atoms with Crippen molar-refractivity contribution in [2.75, 3.05) is 5.75 Å². The van der Waals surface area contributed by atoms with Gasteiger partial charge in [-0.1, -0.05) is 18.2 Å². The van der Waals surface area contributed by atoms with Crippen molar-refractivity contribution in [1.29, 1.82) is 0 Å². The molecule has 0 radical (unpaired) electrons. The van der Waals surface area contributed by atoms with E-state index in [2.05, 4.69) is 0 Å².